The second kappa shape index (κ2) is 8.11. The molecule has 0 radical (unpaired) electrons. The number of nitrogens with zero attached hydrogens (tertiary/aromatic N) is 3. The number of aromatic nitrogens is 1. The average molecular weight is 378 g/mol. The number of hydrogen-bond donors (Lipinski definition) is 1. The van der Waals surface area contributed by atoms with Crippen molar-refractivity contribution in [3.8, 4) is 29.0 Å². The maximum atomic E-state index is 12.2. The summed E-state index contributed by atoms with van der Waals surface area (Å²) in [5.74, 6) is 0.902. The maximum absolute atomic E-state index is 12.2. The van der Waals surface area contributed by atoms with E-state index >= 15 is 0 Å². The molecule has 0 saturated heterocycles. The Labute approximate surface area is 162 Å². The van der Waals surface area contributed by atoms with Crippen molar-refractivity contribution in [3.63, 3.8) is 0 Å². The number of carbonyl (C=O) groups excluding carboxylic acids is 1. The first-order chi connectivity index (χ1) is 13.1. The highest BCUT2D eigenvalue weighted by atomic mass is 32.2. The first-order valence-corrected chi connectivity index (χ1v) is 9.44. The van der Waals surface area contributed by atoms with Crippen LogP contribution in [0.25, 0.3) is 11.1 Å². The topological polar surface area (TPSA) is 113 Å². The third-order valence-corrected chi connectivity index (χ3v) is 5.85. The number of carbonyl (C=O) groups is 1. The summed E-state index contributed by atoms with van der Waals surface area (Å²) in [5.41, 5.74) is 7.58. The number of pyridine rings is 1. The van der Waals surface area contributed by atoms with Crippen molar-refractivity contribution in [2.75, 3.05) is 12.8 Å². The minimum Gasteiger partial charge on any atom is -0.497 e. The molecule has 1 aliphatic rings. The van der Waals surface area contributed by atoms with E-state index in [0.29, 0.717) is 28.3 Å². The van der Waals surface area contributed by atoms with Gasteiger partial charge < -0.3 is 10.5 Å². The summed E-state index contributed by atoms with van der Waals surface area (Å²) >= 11 is 1.28. The van der Waals surface area contributed by atoms with E-state index in [1.165, 1.54) is 11.8 Å². The number of nitrogen functional groups attached to an aromatic ring is 1. The van der Waals surface area contributed by atoms with Crippen molar-refractivity contribution in [1.29, 1.82) is 10.5 Å². The van der Waals surface area contributed by atoms with Crippen molar-refractivity contribution >= 4 is 23.4 Å². The maximum Gasteiger partial charge on any atom is 0.146 e. The highest BCUT2D eigenvalue weighted by Crippen LogP contribution is 2.39. The first-order valence-electron chi connectivity index (χ1n) is 8.56. The van der Waals surface area contributed by atoms with Gasteiger partial charge in [0.1, 0.15) is 40.1 Å². The van der Waals surface area contributed by atoms with E-state index < -0.39 is 0 Å². The van der Waals surface area contributed by atoms with Crippen LogP contribution in [0.2, 0.25) is 0 Å². The molecule has 1 aromatic carbocycles. The zero-order valence-corrected chi connectivity index (χ0v) is 15.7. The molecule has 0 amide bonds. The largest absolute Gasteiger partial charge is 0.497 e. The number of nitrogens with two attached hydrogens (primary N) is 1. The molecule has 0 bridgehead atoms. The Morgan fingerprint density at radius 1 is 1.19 bits per heavy atom. The van der Waals surface area contributed by atoms with Crippen LogP contribution in [-0.2, 0) is 4.79 Å². The Morgan fingerprint density at radius 2 is 1.89 bits per heavy atom. The monoisotopic (exact) mass is 378 g/mol. The van der Waals surface area contributed by atoms with Gasteiger partial charge in [-0.3, -0.25) is 4.79 Å². The number of benzene rings is 1. The highest BCUT2D eigenvalue weighted by Gasteiger charge is 2.27. The van der Waals surface area contributed by atoms with Crippen molar-refractivity contribution in [2.24, 2.45) is 0 Å². The van der Waals surface area contributed by atoms with Gasteiger partial charge in [0.05, 0.1) is 17.9 Å². The minimum absolute atomic E-state index is 0.0630. The lowest BCUT2D eigenvalue weighted by Crippen LogP contribution is -2.21. The number of thioether (sulfide) groups is 1. The fourth-order valence-corrected chi connectivity index (χ4v) is 4.36. The lowest BCUT2D eigenvalue weighted by Gasteiger charge is -2.21. The third-order valence-electron chi connectivity index (χ3n) is 4.55. The van der Waals surface area contributed by atoms with Gasteiger partial charge in [0.15, 0.2) is 0 Å². The summed E-state index contributed by atoms with van der Waals surface area (Å²) in [6.07, 6.45) is 3.19. The summed E-state index contributed by atoms with van der Waals surface area (Å²) in [5, 5.41) is 19.6. The number of rotatable bonds is 4. The second-order valence-electron chi connectivity index (χ2n) is 6.20. The molecule has 0 spiro atoms. The Kier molecular flexibility index (Phi) is 5.63. The molecule has 0 unspecified atom stereocenters. The van der Waals surface area contributed by atoms with Crippen LogP contribution in [0.1, 0.15) is 36.8 Å². The summed E-state index contributed by atoms with van der Waals surface area (Å²) in [6.45, 7) is 0. The van der Waals surface area contributed by atoms with Gasteiger partial charge in [0.2, 0.25) is 0 Å². The summed E-state index contributed by atoms with van der Waals surface area (Å²) in [6, 6.07) is 11.3. The van der Waals surface area contributed by atoms with Crippen LogP contribution in [0.3, 0.4) is 0 Å². The molecule has 1 atom stereocenters. The zero-order chi connectivity index (χ0) is 19.4. The number of nitriles is 2. The van der Waals surface area contributed by atoms with Crippen LogP contribution >= 0.6 is 11.8 Å². The Hall–Kier alpha value is -3.03. The quantitative estimate of drug-likeness (QED) is 0.863. The number of Topliss-reactive ketones (excluding diaryl/α,β-unsaturated/α-hetero) is 1. The molecular formula is C20H18N4O2S. The zero-order valence-electron chi connectivity index (χ0n) is 14.9. The number of hydrogen-bond acceptors (Lipinski definition) is 7. The van der Waals surface area contributed by atoms with Crippen LogP contribution in [0, 0.1) is 22.7 Å². The number of ether oxygens (including phenoxy) is 1. The van der Waals surface area contributed by atoms with Crippen molar-refractivity contribution < 1.29 is 9.53 Å². The molecule has 7 heteroatoms. The van der Waals surface area contributed by atoms with Crippen molar-refractivity contribution in [1.82, 2.24) is 4.98 Å². The lowest BCUT2D eigenvalue weighted by atomic mass is 9.97. The standard InChI is InChI=1S/C20H18N4O2S/c1-26-13-8-6-12(7-9-13)18-14(10-21)19(23)24-20(15(18)11-22)27-17-5-3-2-4-16(17)25/h6-9,17H,2-5H2,1H3,(H2,23,24)/t17-/m0/s1. The van der Waals surface area contributed by atoms with Crippen LogP contribution in [0.5, 0.6) is 5.75 Å². The molecule has 1 aromatic heterocycles. The van der Waals surface area contributed by atoms with E-state index in [4.69, 9.17) is 10.5 Å². The smallest absolute Gasteiger partial charge is 0.146 e. The molecule has 136 valence electrons. The molecule has 6 nitrogen and oxygen atoms in total. The summed E-state index contributed by atoms with van der Waals surface area (Å²) < 4.78 is 5.17. The molecule has 1 saturated carbocycles. The van der Waals surface area contributed by atoms with E-state index in [-0.39, 0.29) is 28.0 Å². The SMILES string of the molecule is COc1ccc(-c2c(C#N)c(N)nc(S[C@H]3CCCCC3=O)c2C#N)cc1. The molecule has 1 aliphatic carbocycles. The normalized spacial score (nSPS) is 16.4. The molecule has 2 aromatic rings. The van der Waals surface area contributed by atoms with Crippen LogP contribution in [0.15, 0.2) is 29.3 Å². The van der Waals surface area contributed by atoms with Crippen molar-refractivity contribution in [2.45, 2.75) is 36.0 Å². The number of methoxy groups -OCH3 is 1. The molecular weight excluding hydrogens is 360 g/mol. The Bertz CT molecular complexity index is 958. The number of anilines is 1. The summed E-state index contributed by atoms with van der Waals surface area (Å²) in [7, 11) is 1.57. The van der Waals surface area contributed by atoms with Gasteiger partial charge in [-0.25, -0.2) is 4.98 Å². The van der Waals surface area contributed by atoms with Gasteiger partial charge in [-0.2, -0.15) is 10.5 Å². The van der Waals surface area contributed by atoms with Crippen LogP contribution in [-0.4, -0.2) is 23.1 Å². The molecule has 1 heterocycles. The Balaban J connectivity index is 2.13. The molecule has 27 heavy (non-hydrogen) atoms. The van der Waals surface area contributed by atoms with E-state index in [9.17, 15) is 15.3 Å². The highest BCUT2D eigenvalue weighted by molar-refractivity contribution is 8.00. The number of ketones is 1. The molecule has 1 fully saturated rings. The molecule has 3 rings (SSSR count). The second-order valence-corrected chi connectivity index (χ2v) is 7.39. The summed E-state index contributed by atoms with van der Waals surface area (Å²) in [4.78, 5) is 16.5. The van der Waals surface area contributed by atoms with Gasteiger partial charge in [-0.05, 0) is 30.5 Å². The lowest BCUT2D eigenvalue weighted by molar-refractivity contribution is -0.119. The van der Waals surface area contributed by atoms with E-state index in [0.717, 1.165) is 19.3 Å². The van der Waals surface area contributed by atoms with Gasteiger partial charge >= 0.3 is 0 Å². The average Bonchev–Trinajstić information content (AvgIpc) is 2.69. The third kappa shape index (κ3) is 3.74. The van der Waals surface area contributed by atoms with Gasteiger partial charge in [0.25, 0.3) is 0 Å². The van der Waals surface area contributed by atoms with Crippen LogP contribution < -0.4 is 10.5 Å². The van der Waals surface area contributed by atoms with E-state index in [2.05, 4.69) is 17.1 Å². The Morgan fingerprint density at radius 3 is 2.48 bits per heavy atom. The minimum atomic E-state index is -0.227. The molecule has 0 aliphatic heterocycles. The molecule has 2 N–H and O–H groups in total. The fraction of sp³-hybridized carbons (Fsp3) is 0.300. The van der Waals surface area contributed by atoms with Crippen LogP contribution in [0.4, 0.5) is 5.82 Å². The van der Waals surface area contributed by atoms with Gasteiger partial charge in [-0.1, -0.05) is 30.3 Å². The van der Waals surface area contributed by atoms with E-state index in [1.54, 1.807) is 31.4 Å². The van der Waals surface area contributed by atoms with E-state index in [1.807, 2.05) is 0 Å². The fourth-order valence-electron chi connectivity index (χ4n) is 3.14. The van der Waals surface area contributed by atoms with Gasteiger partial charge in [0, 0.05) is 12.0 Å². The van der Waals surface area contributed by atoms with Crippen molar-refractivity contribution in [3.05, 3.63) is 35.4 Å². The van der Waals surface area contributed by atoms with Gasteiger partial charge in [-0.15, -0.1) is 0 Å². The predicted octanol–water partition coefficient (Wildman–Crippen LogP) is 3.69. The predicted molar refractivity (Wildman–Crippen MR) is 103 cm³/mol. The first kappa shape index (κ1) is 18.8.